The molecule has 2 atom stereocenters. The number of furan rings is 1. The van der Waals surface area contributed by atoms with Gasteiger partial charge in [-0.05, 0) is 12.1 Å². The summed E-state index contributed by atoms with van der Waals surface area (Å²) in [6, 6.07) is 3.64. The smallest absolute Gasteiger partial charge is 0.289 e. The molecule has 2 aliphatic heterocycles. The van der Waals surface area contributed by atoms with E-state index in [0.717, 1.165) is 5.84 Å². The molecule has 2 unspecified atom stereocenters. The van der Waals surface area contributed by atoms with Crippen LogP contribution in [0.1, 0.15) is 10.6 Å². The highest BCUT2D eigenvalue weighted by molar-refractivity contribution is 5.93. The highest BCUT2D eigenvalue weighted by Crippen LogP contribution is 2.23. The predicted molar refractivity (Wildman–Crippen MR) is 61.5 cm³/mol. The van der Waals surface area contributed by atoms with Crippen LogP contribution in [0.25, 0.3) is 0 Å². The minimum absolute atomic E-state index is 0.0540. The van der Waals surface area contributed by atoms with Crippen molar-refractivity contribution >= 4 is 11.7 Å². The number of likely N-dealkylation sites (tertiary alicyclic amines) is 1. The molecule has 3 heterocycles. The van der Waals surface area contributed by atoms with Gasteiger partial charge >= 0.3 is 0 Å². The third kappa shape index (κ3) is 1.56. The minimum atomic E-state index is -0.0540. The second-order valence-electron chi connectivity index (χ2n) is 4.28. The molecule has 6 nitrogen and oxygen atoms in total. The molecule has 0 aromatic carbocycles. The van der Waals surface area contributed by atoms with Gasteiger partial charge in [-0.15, -0.1) is 0 Å². The number of carbonyl (C=O) groups excluding carboxylic acids is 1. The van der Waals surface area contributed by atoms with Crippen molar-refractivity contribution in [2.24, 2.45) is 11.0 Å². The Balaban J connectivity index is 1.73. The highest BCUT2D eigenvalue weighted by atomic mass is 16.3. The lowest BCUT2D eigenvalue weighted by Crippen LogP contribution is -2.32. The van der Waals surface area contributed by atoms with Gasteiger partial charge in [0.05, 0.1) is 18.2 Å². The average molecular weight is 234 g/mol. The van der Waals surface area contributed by atoms with Crippen LogP contribution < -0.4 is 10.7 Å². The van der Waals surface area contributed by atoms with E-state index in [1.165, 1.54) is 6.26 Å². The van der Waals surface area contributed by atoms with Crippen molar-refractivity contribution in [3.63, 3.8) is 0 Å². The van der Waals surface area contributed by atoms with E-state index in [1.54, 1.807) is 17.0 Å². The van der Waals surface area contributed by atoms with Crippen LogP contribution in [0, 0.1) is 5.92 Å². The molecule has 1 saturated heterocycles. The summed E-state index contributed by atoms with van der Waals surface area (Å²) in [6.45, 7) is 1.34. The first-order chi connectivity index (χ1) is 8.29. The third-order valence-electron chi connectivity index (χ3n) is 3.30. The van der Waals surface area contributed by atoms with Crippen molar-refractivity contribution < 1.29 is 9.21 Å². The summed E-state index contributed by atoms with van der Waals surface area (Å²) in [5, 5.41) is 7.25. The van der Waals surface area contributed by atoms with Crippen molar-refractivity contribution in [2.75, 3.05) is 20.1 Å². The summed E-state index contributed by atoms with van der Waals surface area (Å²) in [7, 11) is 1.85. The van der Waals surface area contributed by atoms with Gasteiger partial charge in [0.2, 0.25) is 0 Å². The summed E-state index contributed by atoms with van der Waals surface area (Å²) >= 11 is 0. The standard InChI is InChI=1S/C11H14N4O2/c1-12-10-7-5-15(6-8(7)13-14-10)11(16)9-3-2-4-17-9/h2-4,7-8,13H,5-6H2,1H3,(H,12,14). The van der Waals surface area contributed by atoms with E-state index >= 15 is 0 Å². The average Bonchev–Trinajstić information content (AvgIpc) is 3.04. The number of amides is 1. The Morgan fingerprint density at radius 2 is 2.53 bits per heavy atom. The molecule has 3 rings (SSSR count). The predicted octanol–water partition coefficient (Wildman–Crippen LogP) is -0.144. The topological polar surface area (TPSA) is 69.9 Å². The van der Waals surface area contributed by atoms with Crippen molar-refractivity contribution in [1.29, 1.82) is 0 Å². The summed E-state index contributed by atoms with van der Waals surface area (Å²) in [4.78, 5) is 13.9. The van der Waals surface area contributed by atoms with Gasteiger partial charge in [-0.2, -0.15) is 5.10 Å². The van der Waals surface area contributed by atoms with E-state index in [0.29, 0.717) is 18.8 Å². The number of fused-ring (bicyclic) bond motifs is 1. The molecule has 0 radical (unpaired) electrons. The second kappa shape index (κ2) is 3.80. The molecule has 2 aliphatic rings. The van der Waals surface area contributed by atoms with Gasteiger partial charge in [0.15, 0.2) is 5.76 Å². The maximum absolute atomic E-state index is 12.1. The van der Waals surface area contributed by atoms with Gasteiger partial charge in [-0.25, -0.2) is 0 Å². The molecular weight excluding hydrogens is 220 g/mol. The van der Waals surface area contributed by atoms with E-state index in [1.807, 2.05) is 7.05 Å². The number of rotatable bonds is 1. The fourth-order valence-corrected chi connectivity index (χ4v) is 2.41. The summed E-state index contributed by atoms with van der Waals surface area (Å²) in [6.07, 6.45) is 1.52. The van der Waals surface area contributed by atoms with Crippen LogP contribution in [0.4, 0.5) is 0 Å². The first-order valence-corrected chi connectivity index (χ1v) is 5.63. The fourth-order valence-electron chi connectivity index (χ4n) is 2.41. The molecule has 2 N–H and O–H groups in total. The van der Waals surface area contributed by atoms with E-state index in [9.17, 15) is 4.79 Å². The number of amidine groups is 1. The molecule has 1 amide bonds. The van der Waals surface area contributed by atoms with Gasteiger partial charge < -0.3 is 20.1 Å². The maximum atomic E-state index is 12.1. The van der Waals surface area contributed by atoms with Gasteiger partial charge in [-0.1, -0.05) is 0 Å². The van der Waals surface area contributed by atoms with Crippen LogP contribution in [0.15, 0.2) is 27.9 Å². The van der Waals surface area contributed by atoms with Gasteiger partial charge in [-0.3, -0.25) is 4.79 Å². The molecule has 1 aromatic rings. The molecule has 0 spiro atoms. The highest BCUT2D eigenvalue weighted by Gasteiger charge is 2.41. The zero-order valence-electron chi connectivity index (χ0n) is 9.51. The Morgan fingerprint density at radius 3 is 3.24 bits per heavy atom. The van der Waals surface area contributed by atoms with Crippen molar-refractivity contribution in [3.8, 4) is 0 Å². The molecule has 0 aliphatic carbocycles. The molecule has 1 fully saturated rings. The molecule has 17 heavy (non-hydrogen) atoms. The Bertz CT molecular complexity index is 454. The fraction of sp³-hybridized carbons (Fsp3) is 0.455. The van der Waals surface area contributed by atoms with Crippen LogP contribution in [-0.2, 0) is 0 Å². The van der Waals surface area contributed by atoms with Crippen LogP contribution in [-0.4, -0.2) is 42.8 Å². The normalized spacial score (nSPS) is 26.4. The number of nitrogens with zero attached hydrogens (tertiary/aromatic N) is 2. The van der Waals surface area contributed by atoms with E-state index in [4.69, 9.17) is 4.42 Å². The minimum Gasteiger partial charge on any atom is -0.459 e. The number of hydrogen-bond acceptors (Lipinski definition) is 5. The molecule has 0 bridgehead atoms. The summed E-state index contributed by atoms with van der Waals surface area (Å²) < 4.78 is 5.13. The van der Waals surface area contributed by atoms with Crippen molar-refractivity contribution in [1.82, 2.24) is 15.6 Å². The van der Waals surface area contributed by atoms with E-state index in [-0.39, 0.29) is 17.9 Å². The SMILES string of the molecule is CNC1=NNC2CN(C(=O)c3ccco3)CC12. The Hall–Kier alpha value is -1.98. The van der Waals surface area contributed by atoms with Crippen LogP contribution >= 0.6 is 0 Å². The lowest BCUT2D eigenvalue weighted by Gasteiger charge is -2.15. The lowest BCUT2D eigenvalue weighted by atomic mass is 10.1. The number of nitrogens with one attached hydrogen (secondary N) is 2. The molecular formula is C11H14N4O2. The molecule has 1 aromatic heterocycles. The maximum Gasteiger partial charge on any atom is 0.289 e. The number of carbonyl (C=O) groups is 1. The van der Waals surface area contributed by atoms with Crippen LogP contribution in [0.5, 0.6) is 0 Å². The Kier molecular flexibility index (Phi) is 2.28. The largest absolute Gasteiger partial charge is 0.459 e. The zero-order valence-corrected chi connectivity index (χ0v) is 9.51. The molecule has 0 saturated carbocycles. The lowest BCUT2D eigenvalue weighted by molar-refractivity contribution is 0.0755. The number of hydrogen-bond donors (Lipinski definition) is 2. The molecule has 6 heteroatoms. The quantitative estimate of drug-likeness (QED) is 0.709. The van der Waals surface area contributed by atoms with E-state index in [2.05, 4.69) is 15.8 Å². The Morgan fingerprint density at radius 1 is 1.65 bits per heavy atom. The Labute approximate surface area is 98.7 Å². The van der Waals surface area contributed by atoms with Gasteiger partial charge in [0.1, 0.15) is 5.84 Å². The van der Waals surface area contributed by atoms with Crippen LogP contribution in [0.3, 0.4) is 0 Å². The second-order valence-corrected chi connectivity index (χ2v) is 4.28. The van der Waals surface area contributed by atoms with E-state index < -0.39 is 0 Å². The van der Waals surface area contributed by atoms with Gasteiger partial charge in [0.25, 0.3) is 5.91 Å². The first-order valence-electron chi connectivity index (χ1n) is 5.63. The zero-order chi connectivity index (χ0) is 11.8. The monoisotopic (exact) mass is 234 g/mol. The summed E-state index contributed by atoms with van der Waals surface area (Å²) in [5.74, 6) is 1.53. The number of hydrazone groups is 1. The third-order valence-corrected chi connectivity index (χ3v) is 3.30. The summed E-state index contributed by atoms with van der Waals surface area (Å²) in [5.41, 5.74) is 3.05. The van der Waals surface area contributed by atoms with Crippen molar-refractivity contribution in [2.45, 2.75) is 6.04 Å². The van der Waals surface area contributed by atoms with Crippen molar-refractivity contribution in [3.05, 3.63) is 24.2 Å². The molecule has 90 valence electrons. The van der Waals surface area contributed by atoms with Crippen LogP contribution in [0.2, 0.25) is 0 Å². The van der Waals surface area contributed by atoms with Gasteiger partial charge in [0, 0.05) is 20.1 Å². The first kappa shape index (κ1) is 10.2.